The minimum atomic E-state index is 0.459. The Morgan fingerprint density at radius 3 is 2.62 bits per heavy atom. The highest BCUT2D eigenvalue weighted by molar-refractivity contribution is 5.51. The highest BCUT2D eigenvalue weighted by Gasteiger charge is 1.95. The zero-order chi connectivity index (χ0) is 9.52. The Morgan fingerprint density at radius 2 is 2.00 bits per heavy atom. The van der Waals surface area contributed by atoms with E-state index in [1.807, 2.05) is 30.3 Å². The minimum Gasteiger partial charge on any atom is -0.624 e. The Kier molecular flexibility index (Phi) is 4.03. The van der Waals surface area contributed by atoms with Crippen molar-refractivity contribution in [2.24, 2.45) is 0 Å². The fourth-order valence-electron chi connectivity index (χ4n) is 1.10. The van der Waals surface area contributed by atoms with Gasteiger partial charge < -0.3 is 5.21 Å². The van der Waals surface area contributed by atoms with E-state index in [-0.39, 0.29) is 0 Å². The summed E-state index contributed by atoms with van der Waals surface area (Å²) < 4.78 is 0.999. The summed E-state index contributed by atoms with van der Waals surface area (Å²) in [6, 6.07) is 9.77. The van der Waals surface area contributed by atoms with Crippen LogP contribution in [-0.2, 0) is 6.54 Å². The van der Waals surface area contributed by atoms with Crippen molar-refractivity contribution >= 4 is 6.21 Å². The van der Waals surface area contributed by atoms with Crippen LogP contribution in [0.25, 0.3) is 0 Å². The molecule has 0 bridgehead atoms. The van der Waals surface area contributed by atoms with Crippen LogP contribution in [-0.4, -0.2) is 11.0 Å². The van der Waals surface area contributed by atoms with Gasteiger partial charge in [0.05, 0.1) is 0 Å². The van der Waals surface area contributed by atoms with Crippen molar-refractivity contribution in [3.05, 3.63) is 41.1 Å². The maximum atomic E-state index is 11.2. The van der Waals surface area contributed by atoms with E-state index in [0.29, 0.717) is 6.54 Å². The highest BCUT2D eigenvalue weighted by atomic mass is 16.5. The molecule has 0 spiro atoms. The van der Waals surface area contributed by atoms with Crippen molar-refractivity contribution in [3.8, 4) is 0 Å². The van der Waals surface area contributed by atoms with Crippen molar-refractivity contribution in [2.45, 2.75) is 26.3 Å². The molecular weight excluding hydrogens is 162 g/mol. The smallest absolute Gasteiger partial charge is 0.178 e. The molecule has 1 rings (SSSR count). The van der Waals surface area contributed by atoms with Gasteiger partial charge in [0, 0.05) is 12.0 Å². The number of hydroxylamine groups is 1. The van der Waals surface area contributed by atoms with E-state index in [1.165, 1.54) is 0 Å². The zero-order valence-corrected chi connectivity index (χ0v) is 7.94. The molecule has 2 nitrogen and oxygen atoms in total. The minimum absolute atomic E-state index is 0.459. The molecule has 0 unspecified atom stereocenters. The molecular formula is C11H15NO. The zero-order valence-electron chi connectivity index (χ0n) is 7.94. The third-order valence-electron chi connectivity index (χ3n) is 1.80. The average molecular weight is 177 g/mol. The molecule has 13 heavy (non-hydrogen) atoms. The first-order chi connectivity index (χ1) is 6.33. The first kappa shape index (κ1) is 9.78. The van der Waals surface area contributed by atoms with Gasteiger partial charge in [-0.15, -0.1) is 0 Å². The van der Waals surface area contributed by atoms with E-state index in [4.69, 9.17) is 0 Å². The molecule has 0 saturated carbocycles. The van der Waals surface area contributed by atoms with Crippen LogP contribution in [0.15, 0.2) is 30.3 Å². The number of hydrogen-bond acceptors (Lipinski definition) is 1. The van der Waals surface area contributed by atoms with E-state index >= 15 is 0 Å². The first-order valence-corrected chi connectivity index (χ1v) is 4.64. The van der Waals surface area contributed by atoms with Crippen LogP contribution in [0, 0.1) is 5.21 Å². The number of unbranched alkanes of at least 4 members (excludes halogenated alkanes) is 1. The third-order valence-corrected chi connectivity index (χ3v) is 1.80. The molecule has 1 aromatic rings. The van der Waals surface area contributed by atoms with Crippen molar-refractivity contribution in [3.63, 3.8) is 0 Å². The topological polar surface area (TPSA) is 26.1 Å². The molecule has 0 radical (unpaired) electrons. The molecule has 0 aliphatic rings. The van der Waals surface area contributed by atoms with Crippen molar-refractivity contribution < 1.29 is 4.74 Å². The van der Waals surface area contributed by atoms with Gasteiger partial charge in [0.15, 0.2) is 12.8 Å². The molecule has 2 heteroatoms. The number of nitrogens with zero attached hydrogens (tertiary/aromatic N) is 1. The van der Waals surface area contributed by atoms with Gasteiger partial charge in [-0.1, -0.05) is 37.3 Å². The van der Waals surface area contributed by atoms with Crippen LogP contribution >= 0.6 is 0 Å². The Bertz CT molecular complexity index is 267. The molecule has 0 aromatic heterocycles. The SMILES string of the molecule is CCC/C=[N+](\[O-])Cc1ccccc1. The molecule has 0 heterocycles. The molecule has 0 aliphatic carbocycles. The normalized spacial score (nSPS) is 11.6. The van der Waals surface area contributed by atoms with Crippen LogP contribution < -0.4 is 0 Å². The summed E-state index contributed by atoms with van der Waals surface area (Å²) in [4.78, 5) is 0. The summed E-state index contributed by atoms with van der Waals surface area (Å²) in [6.07, 6.45) is 3.58. The molecule has 70 valence electrons. The monoisotopic (exact) mass is 177 g/mol. The fourth-order valence-corrected chi connectivity index (χ4v) is 1.10. The maximum Gasteiger partial charge on any atom is 0.178 e. The van der Waals surface area contributed by atoms with Crippen LogP contribution in [0.3, 0.4) is 0 Å². The van der Waals surface area contributed by atoms with Gasteiger partial charge in [0.1, 0.15) is 0 Å². The Balaban J connectivity index is 2.50. The molecule has 0 aliphatic heterocycles. The van der Waals surface area contributed by atoms with Gasteiger partial charge in [0.2, 0.25) is 0 Å². The number of benzene rings is 1. The standard InChI is InChI=1S/C11H15NO/c1-2-3-9-12(13)10-11-7-5-4-6-8-11/h4-9H,2-3,10H2,1H3/b12-9-. The predicted octanol–water partition coefficient (Wildman–Crippen LogP) is 2.57. The summed E-state index contributed by atoms with van der Waals surface area (Å²) in [5.41, 5.74) is 1.06. The average Bonchev–Trinajstić information content (AvgIpc) is 2.16. The quantitative estimate of drug-likeness (QED) is 0.300. The number of hydrogen-bond donors (Lipinski definition) is 0. The van der Waals surface area contributed by atoms with E-state index in [0.717, 1.165) is 23.1 Å². The van der Waals surface area contributed by atoms with Gasteiger partial charge in [-0.05, 0) is 6.42 Å². The summed E-state index contributed by atoms with van der Waals surface area (Å²) in [7, 11) is 0. The highest BCUT2D eigenvalue weighted by Crippen LogP contribution is 1.99. The van der Waals surface area contributed by atoms with E-state index in [9.17, 15) is 5.21 Å². The lowest BCUT2D eigenvalue weighted by molar-refractivity contribution is -0.471. The molecule has 0 N–H and O–H groups in total. The Hall–Kier alpha value is -1.31. The van der Waals surface area contributed by atoms with Crippen LogP contribution in [0.4, 0.5) is 0 Å². The van der Waals surface area contributed by atoms with E-state index < -0.39 is 0 Å². The molecule has 0 atom stereocenters. The third kappa shape index (κ3) is 3.74. The van der Waals surface area contributed by atoms with Crippen molar-refractivity contribution in [1.82, 2.24) is 0 Å². The largest absolute Gasteiger partial charge is 0.624 e. The lowest BCUT2D eigenvalue weighted by Crippen LogP contribution is -2.04. The summed E-state index contributed by atoms with van der Waals surface area (Å²) in [6.45, 7) is 2.52. The second-order valence-corrected chi connectivity index (χ2v) is 3.03. The predicted molar refractivity (Wildman–Crippen MR) is 54.7 cm³/mol. The van der Waals surface area contributed by atoms with Gasteiger partial charge in [0.25, 0.3) is 0 Å². The Labute approximate surface area is 79.1 Å². The molecule has 0 fully saturated rings. The fraction of sp³-hybridized carbons (Fsp3) is 0.364. The van der Waals surface area contributed by atoms with Crippen molar-refractivity contribution in [2.75, 3.05) is 0 Å². The van der Waals surface area contributed by atoms with Crippen LogP contribution in [0.5, 0.6) is 0 Å². The van der Waals surface area contributed by atoms with E-state index in [1.54, 1.807) is 6.21 Å². The van der Waals surface area contributed by atoms with Crippen LogP contribution in [0.2, 0.25) is 0 Å². The lowest BCUT2D eigenvalue weighted by Gasteiger charge is -2.03. The second kappa shape index (κ2) is 5.36. The first-order valence-electron chi connectivity index (χ1n) is 4.64. The van der Waals surface area contributed by atoms with Gasteiger partial charge in [-0.2, -0.15) is 0 Å². The molecule has 1 aromatic carbocycles. The molecule has 0 saturated heterocycles. The lowest BCUT2D eigenvalue weighted by atomic mass is 10.2. The second-order valence-electron chi connectivity index (χ2n) is 3.03. The van der Waals surface area contributed by atoms with Gasteiger partial charge >= 0.3 is 0 Å². The van der Waals surface area contributed by atoms with Gasteiger partial charge in [-0.25, -0.2) is 4.74 Å². The van der Waals surface area contributed by atoms with Gasteiger partial charge in [-0.3, -0.25) is 0 Å². The van der Waals surface area contributed by atoms with E-state index in [2.05, 4.69) is 6.92 Å². The maximum absolute atomic E-state index is 11.2. The summed E-state index contributed by atoms with van der Waals surface area (Å²) in [5, 5.41) is 11.2. The van der Waals surface area contributed by atoms with Crippen LogP contribution in [0.1, 0.15) is 25.3 Å². The summed E-state index contributed by atoms with van der Waals surface area (Å²) >= 11 is 0. The van der Waals surface area contributed by atoms with Crippen molar-refractivity contribution in [1.29, 1.82) is 0 Å². The summed E-state index contributed by atoms with van der Waals surface area (Å²) in [5.74, 6) is 0. The number of rotatable bonds is 4. The molecule has 0 amide bonds. The Morgan fingerprint density at radius 1 is 1.31 bits per heavy atom.